The summed E-state index contributed by atoms with van der Waals surface area (Å²) in [6.45, 7) is 1.50. The molecule has 0 fully saturated rings. The van der Waals surface area contributed by atoms with Crippen LogP contribution in [0.25, 0.3) is 11.1 Å². The van der Waals surface area contributed by atoms with Crippen molar-refractivity contribution in [3.05, 3.63) is 59.7 Å². The molecule has 0 saturated heterocycles. The molecule has 2 aromatic carbocycles. The lowest BCUT2D eigenvalue weighted by molar-refractivity contribution is -0.116. The summed E-state index contributed by atoms with van der Waals surface area (Å²) in [4.78, 5) is 11.0. The topological polar surface area (TPSA) is 17.1 Å². The number of hydrogen-bond donors (Lipinski definition) is 0. The fraction of sp³-hybridized carbons (Fsp3) is 0.133. The highest BCUT2D eigenvalue weighted by molar-refractivity contribution is 5.78. The molecule has 0 heterocycles. The number of halogens is 2. The first-order valence-electron chi connectivity index (χ1n) is 5.60. The van der Waals surface area contributed by atoms with E-state index in [1.165, 1.54) is 25.1 Å². The second-order valence-corrected chi connectivity index (χ2v) is 4.17. The van der Waals surface area contributed by atoms with Crippen LogP contribution in [0.4, 0.5) is 8.78 Å². The number of carbonyl (C=O) groups excluding carboxylic acids is 1. The number of benzene rings is 2. The highest BCUT2D eigenvalue weighted by Gasteiger charge is 2.10. The molecule has 2 rings (SSSR count). The SMILES string of the molecule is CC(=O)Cc1ccc(-c2c(F)cccc2F)cc1. The molecule has 3 heteroatoms. The maximum Gasteiger partial charge on any atom is 0.134 e. The van der Waals surface area contributed by atoms with Gasteiger partial charge in [0, 0.05) is 6.42 Å². The van der Waals surface area contributed by atoms with E-state index in [-0.39, 0.29) is 11.3 Å². The van der Waals surface area contributed by atoms with Gasteiger partial charge in [-0.3, -0.25) is 4.79 Å². The van der Waals surface area contributed by atoms with E-state index in [1.54, 1.807) is 24.3 Å². The Morgan fingerprint density at radius 2 is 1.56 bits per heavy atom. The van der Waals surface area contributed by atoms with Crippen molar-refractivity contribution in [3.8, 4) is 11.1 Å². The van der Waals surface area contributed by atoms with E-state index in [0.29, 0.717) is 12.0 Å². The van der Waals surface area contributed by atoms with Crippen LogP contribution < -0.4 is 0 Å². The van der Waals surface area contributed by atoms with Crippen LogP contribution in [0.2, 0.25) is 0 Å². The van der Waals surface area contributed by atoms with Crippen LogP contribution in [0.3, 0.4) is 0 Å². The van der Waals surface area contributed by atoms with Crippen molar-refractivity contribution < 1.29 is 13.6 Å². The molecule has 0 aliphatic carbocycles. The van der Waals surface area contributed by atoms with Gasteiger partial charge in [0.1, 0.15) is 17.4 Å². The van der Waals surface area contributed by atoms with Gasteiger partial charge in [-0.25, -0.2) is 8.78 Å². The standard InChI is InChI=1S/C15H12F2O/c1-10(18)9-11-5-7-12(8-6-11)15-13(16)3-2-4-14(15)17/h2-8H,9H2,1H3. The number of Topliss-reactive ketones (excluding diaryl/α,β-unsaturated/α-hetero) is 1. The van der Waals surface area contributed by atoms with E-state index >= 15 is 0 Å². The predicted molar refractivity (Wildman–Crippen MR) is 66.2 cm³/mol. The Morgan fingerprint density at radius 1 is 1.00 bits per heavy atom. The third kappa shape index (κ3) is 2.62. The minimum Gasteiger partial charge on any atom is -0.300 e. The summed E-state index contributed by atoms with van der Waals surface area (Å²) in [5.41, 5.74) is 1.27. The van der Waals surface area contributed by atoms with Crippen molar-refractivity contribution in [2.45, 2.75) is 13.3 Å². The lowest BCUT2D eigenvalue weighted by Gasteiger charge is -2.06. The Hall–Kier alpha value is -2.03. The number of carbonyl (C=O) groups is 1. The van der Waals surface area contributed by atoms with Gasteiger partial charge in [-0.05, 0) is 30.2 Å². The summed E-state index contributed by atoms with van der Waals surface area (Å²) in [5, 5.41) is 0. The normalized spacial score (nSPS) is 10.4. The Balaban J connectivity index is 2.37. The van der Waals surface area contributed by atoms with Crippen LogP contribution in [-0.4, -0.2) is 5.78 Å². The van der Waals surface area contributed by atoms with Gasteiger partial charge in [-0.1, -0.05) is 30.3 Å². The molecule has 0 aliphatic rings. The second-order valence-electron chi connectivity index (χ2n) is 4.17. The molecule has 92 valence electrons. The van der Waals surface area contributed by atoms with E-state index in [9.17, 15) is 13.6 Å². The fourth-order valence-electron chi connectivity index (χ4n) is 1.85. The van der Waals surface area contributed by atoms with E-state index in [1.807, 2.05) is 0 Å². The Labute approximate surface area is 104 Å². The van der Waals surface area contributed by atoms with Crippen molar-refractivity contribution in [1.82, 2.24) is 0 Å². The van der Waals surface area contributed by atoms with Gasteiger partial charge in [-0.15, -0.1) is 0 Å². The smallest absolute Gasteiger partial charge is 0.134 e. The predicted octanol–water partition coefficient (Wildman–Crippen LogP) is 3.76. The molecule has 0 N–H and O–H groups in total. The first-order chi connectivity index (χ1) is 8.58. The van der Waals surface area contributed by atoms with Crippen molar-refractivity contribution in [1.29, 1.82) is 0 Å². The van der Waals surface area contributed by atoms with Crippen LogP contribution in [-0.2, 0) is 11.2 Å². The fourth-order valence-corrected chi connectivity index (χ4v) is 1.85. The quantitative estimate of drug-likeness (QED) is 0.805. The molecular weight excluding hydrogens is 234 g/mol. The third-order valence-corrected chi connectivity index (χ3v) is 2.66. The maximum atomic E-state index is 13.6. The third-order valence-electron chi connectivity index (χ3n) is 2.66. The minimum atomic E-state index is -0.589. The van der Waals surface area contributed by atoms with Crippen LogP contribution in [0, 0.1) is 11.6 Å². The van der Waals surface area contributed by atoms with E-state index in [2.05, 4.69) is 0 Å². The average molecular weight is 246 g/mol. The van der Waals surface area contributed by atoms with Crippen molar-refractivity contribution in [2.75, 3.05) is 0 Å². The first kappa shape index (κ1) is 12.4. The molecule has 0 spiro atoms. The lowest BCUT2D eigenvalue weighted by atomic mass is 10.0. The van der Waals surface area contributed by atoms with Crippen LogP contribution in [0.15, 0.2) is 42.5 Å². The summed E-state index contributed by atoms with van der Waals surface area (Å²) < 4.78 is 27.1. The van der Waals surface area contributed by atoms with Gasteiger partial charge in [0.25, 0.3) is 0 Å². The van der Waals surface area contributed by atoms with Gasteiger partial charge < -0.3 is 0 Å². The number of hydrogen-bond acceptors (Lipinski definition) is 1. The summed E-state index contributed by atoms with van der Waals surface area (Å²) in [6.07, 6.45) is 0.333. The molecule has 0 unspecified atom stereocenters. The van der Waals surface area contributed by atoms with Crippen LogP contribution in [0.5, 0.6) is 0 Å². The van der Waals surface area contributed by atoms with E-state index in [0.717, 1.165) is 5.56 Å². The van der Waals surface area contributed by atoms with Crippen molar-refractivity contribution in [2.24, 2.45) is 0 Å². The van der Waals surface area contributed by atoms with Gasteiger partial charge in [0.15, 0.2) is 0 Å². The summed E-state index contributed by atoms with van der Waals surface area (Å²) in [5.74, 6) is -1.12. The molecule has 2 aromatic rings. The molecular formula is C15H12F2O. The highest BCUT2D eigenvalue weighted by Crippen LogP contribution is 2.26. The average Bonchev–Trinajstić information content (AvgIpc) is 2.30. The van der Waals surface area contributed by atoms with Gasteiger partial charge >= 0.3 is 0 Å². The lowest BCUT2D eigenvalue weighted by Crippen LogP contribution is -1.96. The molecule has 0 bridgehead atoms. The van der Waals surface area contributed by atoms with Crippen molar-refractivity contribution >= 4 is 5.78 Å². The molecule has 0 atom stereocenters. The van der Waals surface area contributed by atoms with E-state index < -0.39 is 11.6 Å². The van der Waals surface area contributed by atoms with Gasteiger partial charge in [0.05, 0.1) is 5.56 Å². The van der Waals surface area contributed by atoms with E-state index in [4.69, 9.17) is 0 Å². The zero-order chi connectivity index (χ0) is 13.1. The molecule has 0 amide bonds. The monoisotopic (exact) mass is 246 g/mol. The molecule has 0 aliphatic heterocycles. The van der Waals surface area contributed by atoms with Gasteiger partial charge in [0.2, 0.25) is 0 Å². The highest BCUT2D eigenvalue weighted by atomic mass is 19.1. The summed E-state index contributed by atoms with van der Waals surface area (Å²) in [6, 6.07) is 10.5. The Morgan fingerprint density at radius 3 is 2.06 bits per heavy atom. The summed E-state index contributed by atoms with van der Waals surface area (Å²) in [7, 11) is 0. The second kappa shape index (κ2) is 5.08. The molecule has 0 aromatic heterocycles. The zero-order valence-electron chi connectivity index (χ0n) is 9.91. The Bertz CT molecular complexity index is 553. The molecule has 0 saturated carbocycles. The first-order valence-corrected chi connectivity index (χ1v) is 5.60. The number of ketones is 1. The minimum absolute atomic E-state index is 0.0353. The van der Waals surface area contributed by atoms with Gasteiger partial charge in [-0.2, -0.15) is 0 Å². The molecule has 0 radical (unpaired) electrons. The Kier molecular flexibility index (Phi) is 3.51. The van der Waals surface area contributed by atoms with Crippen molar-refractivity contribution in [3.63, 3.8) is 0 Å². The largest absolute Gasteiger partial charge is 0.300 e. The number of rotatable bonds is 3. The molecule has 18 heavy (non-hydrogen) atoms. The van der Waals surface area contributed by atoms with Crippen LogP contribution >= 0.6 is 0 Å². The van der Waals surface area contributed by atoms with Crippen LogP contribution in [0.1, 0.15) is 12.5 Å². The molecule has 1 nitrogen and oxygen atoms in total. The zero-order valence-corrected chi connectivity index (χ0v) is 9.91. The maximum absolute atomic E-state index is 13.6. The summed E-state index contributed by atoms with van der Waals surface area (Å²) >= 11 is 0.